The summed E-state index contributed by atoms with van der Waals surface area (Å²) >= 11 is 0. The maximum absolute atomic E-state index is 13.8. The highest BCUT2D eigenvalue weighted by molar-refractivity contribution is 5.34. The Morgan fingerprint density at radius 3 is 2.75 bits per heavy atom. The van der Waals surface area contributed by atoms with Gasteiger partial charge in [-0.05, 0) is 42.7 Å². The molecular formula is C17H26FNO. The molecule has 0 aliphatic heterocycles. The first kappa shape index (κ1) is 15.3. The zero-order chi connectivity index (χ0) is 14.7. The second-order valence-electron chi connectivity index (χ2n) is 6.40. The molecule has 112 valence electrons. The largest absolute Gasteiger partial charge is 0.490 e. The van der Waals surface area contributed by atoms with Crippen LogP contribution in [-0.4, -0.2) is 6.10 Å². The summed E-state index contributed by atoms with van der Waals surface area (Å²) in [5.41, 5.74) is 6.15. The Balaban J connectivity index is 2.20. The second kappa shape index (κ2) is 6.57. The van der Waals surface area contributed by atoms with Crippen LogP contribution in [0.1, 0.15) is 45.6 Å². The third-order valence-electron chi connectivity index (χ3n) is 4.52. The van der Waals surface area contributed by atoms with Crippen molar-refractivity contribution in [3.05, 3.63) is 29.6 Å². The van der Waals surface area contributed by atoms with Crippen molar-refractivity contribution in [3.63, 3.8) is 0 Å². The van der Waals surface area contributed by atoms with E-state index in [0.717, 1.165) is 6.42 Å². The molecule has 0 heterocycles. The lowest BCUT2D eigenvalue weighted by atomic mass is 9.75. The van der Waals surface area contributed by atoms with E-state index in [1.807, 2.05) is 6.07 Å². The first-order valence-electron chi connectivity index (χ1n) is 7.67. The first-order chi connectivity index (χ1) is 9.52. The highest BCUT2D eigenvalue weighted by Gasteiger charge is 2.32. The minimum atomic E-state index is -0.269. The Hall–Kier alpha value is -1.09. The van der Waals surface area contributed by atoms with Gasteiger partial charge < -0.3 is 10.5 Å². The molecular weight excluding hydrogens is 253 g/mol. The van der Waals surface area contributed by atoms with E-state index in [4.69, 9.17) is 10.5 Å². The molecule has 1 aliphatic carbocycles. The van der Waals surface area contributed by atoms with Crippen LogP contribution >= 0.6 is 0 Å². The summed E-state index contributed by atoms with van der Waals surface area (Å²) in [6.07, 6.45) is 3.67. The minimum absolute atomic E-state index is 0.172. The van der Waals surface area contributed by atoms with E-state index in [9.17, 15) is 4.39 Å². The fourth-order valence-corrected chi connectivity index (χ4v) is 3.26. The molecule has 0 spiro atoms. The number of benzene rings is 1. The van der Waals surface area contributed by atoms with Crippen molar-refractivity contribution in [2.24, 2.45) is 23.5 Å². The third kappa shape index (κ3) is 3.32. The predicted octanol–water partition coefficient (Wildman–Crippen LogP) is 4.12. The van der Waals surface area contributed by atoms with Crippen molar-refractivity contribution in [2.75, 3.05) is 0 Å². The van der Waals surface area contributed by atoms with Crippen molar-refractivity contribution in [1.82, 2.24) is 0 Å². The maximum Gasteiger partial charge on any atom is 0.131 e. The van der Waals surface area contributed by atoms with Crippen LogP contribution in [0.15, 0.2) is 18.2 Å². The van der Waals surface area contributed by atoms with Gasteiger partial charge in [0, 0.05) is 12.1 Å². The fourth-order valence-electron chi connectivity index (χ4n) is 3.26. The van der Waals surface area contributed by atoms with Gasteiger partial charge in [-0.1, -0.05) is 33.3 Å². The lowest BCUT2D eigenvalue weighted by Crippen LogP contribution is -2.36. The van der Waals surface area contributed by atoms with Gasteiger partial charge in [0.2, 0.25) is 0 Å². The standard InChI is InChI=1S/C17H26FNO/c1-11(2)13-8-7-12(3)9-17(13)20-16-6-4-5-15(18)14(16)10-19/h4-6,11-13,17H,7-10,19H2,1-3H3. The van der Waals surface area contributed by atoms with Crippen LogP contribution in [0.25, 0.3) is 0 Å². The SMILES string of the molecule is CC1CCC(C(C)C)C(Oc2cccc(F)c2CN)C1. The summed E-state index contributed by atoms with van der Waals surface area (Å²) in [5, 5.41) is 0. The van der Waals surface area contributed by atoms with E-state index in [1.54, 1.807) is 6.07 Å². The quantitative estimate of drug-likeness (QED) is 0.899. The van der Waals surface area contributed by atoms with Crippen molar-refractivity contribution in [2.45, 2.75) is 52.7 Å². The first-order valence-corrected chi connectivity index (χ1v) is 7.67. The number of hydrogen-bond acceptors (Lipinski definition) is 2. The van der Waals surface area contributed by atoms with Gasteiger partial charge >= 0.3 is 0 Å². The van der Waals surface area contributed by atoms with Crippen molar-refractivity contribution in [3.8, 4) is 5.75 Å². The number of ether oxygens (including phenoxy) is 1. The van der Waals surface area contributed by atoms with E-state index in [2.05, 4.69) is 20.8 Å². The monoisotopic (exact) mass is 279 g/mol. The van der Waals surface area contributed by atoms with Crippen LogP contribution in [0.5, 0.6) is 5.75 Å². The average molecular weight is 279 g/mol. The van der Waals surface area contributed by atoms with Crippen molar-refractivity contribution >= 4 is 0 Å². The summed E-state index contributed by atoms with van der Waals surface area (Å²) in [7, 11) is 0. The topological polar surface area (TPSA) is 35.2 Å². The van der Waals surface area contributed by atoms with E-state index >= 15 is 0 Å². The van der Waals surface area contributed by atoms with Gasteiger partial charge in [-0.3, -0.25) is 0 Å². The Morgan fingerprint density at radius 2 is 2.10 bits per heavy atom. The Bertz CT molecular complexity index is 447. The summed E-state index contributed by atoms with van der Waals surface area (Å²) in [4.78, 5) is 0. The smallest absolute Gasteiger partial charge is 0.131 e. The molecule has 1 aliphatic rings. The van der Waals surface area contributed by atoms with E-state index < -0.39 is 0 Å². The van der Waals surface area contributed by atoms with E-state index in [1.165, 1.54) is 18.9 Å². The lowest BCUT2D eigenvalue weighted by Gasteiger charge is -2.37. The molecule has 0 radical (unpaired) electrons. The van der Waals surface area contributed by atoms with Gasteiger partial charge in [-0.25, -0.2) is 4.39 Å². The number of halogens is 1. The van der Waals surface area contributed by atoms with Gasteiger partial charge in [0.15, 0.2) is 0 Å². The molecule has 0 aromatic heterocycles. The highest BCUT2D eigenvalue weighted by atomic mass is 19.1. The number of nitrogens with two attached hydrogens (primary N) is 1. The molecule has 20 heavy (non-hydrogen) atoms. The molecule has 1 aromatic carbocycles. The molecule has 0 bridgehead atoms. The number of hydrogen-bond donors (Lipinski definition) is 1. The van der Waals surface area contributed by atoms with Crippen molar-refractivity contribution in [1.29, 1.82) is 0 Å². The van der Waals surface area contributed by atoms with Crippen LogP contribution < -0.4 is 10.5 Å². The average Bonchev–Trinajstić information content (AvgIpc) is 2.38. The molecule has 1 aromatic rings. The highest BCUT2D eigenvalue weighted by Crippen LogP contribution is 2.36. The summed E-state index contributed by atoms with van der Waals surface area (Å²) in [6.45, 7) is 6.93. The third-order valence-corrected chi connectivity index (χ3v) is 4.52. The molecule has 2 nitrogen and oxygen atoms in total. The summed E-state index contributed by atoms with van der Waals surface area (Å²) in [5.74, 6) is 2.15. The molecule has 0 saturated heterocycles. The Morgan fingerprint density at radius 1 is 1.35 bits per heavy atom. The number of rotatable bonds is 4. The minimum Gasteiger partial charge on any atom is -0.490 e. The molecule has 1 saturated carbocycles. The molecule has 0 amide bonds. The lowest BCUT2D eigenvalue weighted by molar-refractivity contribution is 0.0450. The van der Waals surface area contributed by atoms with Gasteiger partial charge in [0.05, 0.1) is 0 Å². The van der Waals surface area contributed by atoms with Gasteiger partial charge in [-0.15, -0.1) is 0 Å². The molecule has 2 N–H and O–H groups in total. The molecule has 3 atom stereocenters. The zero-order valence-corrected chi connectivity index (χ0v) is 12.7. The normalized spacial score (nSPS) is 26.8. The molecule has 3 unspecified atom stereocenters. The Kier molecular flexibility index (Phi) is 5.03. The van der Waals surface area contributed by atoms with Crippen LogP contribution in [0.2, 0.25) is 0 Å². The fraction of sp³-hybridized carbons (Fsp3) is 0.647. The van der Waals surface area contributed by atoms with Crippen LogP contribution in [-0.2, 0) is 6.54 Å². The van der Waals surface area contributed by atoms with Crippen LogP contribution in [0.4, 0.5) is 4.39 Å². The maximum atomic E-state index is 13.8. The van der Waals surface area contributed by atoms with Crippen LogP contribution in [0, 0.1) is 23.6 Å². The van der Waals surface area contributed by atoms with Crippen molar-refractivity contribution < 1.29 is 9.13 Å². The van der Waals surface area contributed by atoms with Gasteiger partial charge in [0.25, 0.3) is 0 Å². The molecule has 1 fully saturated rings. The van der Waals surface area contributed by atoms with Gasteiger partial charge in [0.1, 0.15) is 17.7 Å². The van der Waals surface area contributed by atoms with Crippen LogP contribution in [0.3, 0.4) is 0 Å². The van der Waals surface area contributed by atoms with E-state index in [-0.39, 0.29) is 18.5 Å². The zero-order valence-electron chi connectivity index (χ0n) is 12.7. The second-order valence-corrected chi connectivity index (χ2v) is 6.40. The van der Waals surface area contributed by atoms with Gasteiger partial charge in [-0.2, -0.15) is 0 Å². The molecule has 2 rings (SSSR count). The Labute approximate surface area is 121 Å². The predicted molar refractivity (Wildman–Crippen MR) is 80.1 cm³/mol. The molecule has 3 heteroatoms. The van der Waals surface area contributed by atoms with E-state index in [0.29, 0.717) is 29.1 Å². The summed E-state index contributed by atoms with van der Waals surface area (Å²) in [6, 6.07) is 4.97. The summed E-state index contributed by atoms with van der Waals surface area (Å²) < 4.78 is 20.0.